The molecule has 2 aromatic rings. The van der Waals surface area contributed by atoms with Crippen LogP contribution in [-0.2, 0) is 15.3 Å². The van der Waals surface area contributed by atoms with Crippen LogP contribution in [0.1, 0.15) is 35.3 Å². The summed E-state index contributed by atoms with van der Waals surface area (Å²) < 4.78 is 23.4. The Labute approximate surface area is 185 Å². The van der Waals surface area contributed by atoms with Crippen LogP contribution in [0.3, 0.4) is 0 Å². The average Bonchev–Trinajstić information content (AvgIpc) is 3.07. The summed E-state index contributed by atoms with van der Waals surface area (Å²) in [6, 6.07) is 8.01. The zero-order chi connectivity index (χ0) is 22.1. The molecule has 0 spiro atoms. The molecule has 1 saturated heterocycles. The number of urea groups is 1. The van der Waals surface area contributed by atoms with Gasteiger partial charge in [-0.25, -0.2) is 13.2 Å². The summed E-state index contributed by atoms with van der Waals surface area (Å²) in [4.78, 5) is 28.5. The maximum Gasteiger partial charge on any atom is 0.323 e. The summed E-state index contributed by atoms with van der Waals surface area (Å²) >= 11 is 7.18. The van der Waals surface area contributed by atoms with Crippen molar-refractivity contribution in [2.75, 3.05) is 35.2 Å². The van der Waals surface area contributed by atoms with Crippen LogP contribution in [0, 0.1) is 0 Å². The summed E-state index contributed by atoms with van der Waals surface area (Å²) in [5.74, 6) is -0.362. The van der Waals surface area contributed by atoms with Crippen LogP contribution in [0.2, 0.25) is 5.02 Å². The van der Waals surface area contributed by atoms with Crippen molar-refractivity contribution < 1.29 is 18.0 Å². The monoisotopic (exact) mass is 469 g/mol. The predicted octanol–water partition coefficient (Wildman–Crippen LogP) is 4.21. The van der Waals surface area contributed by atoms with E-state index in [9.17, 15) is 18.0 Å². The first-order valence-corrected chi connectivity index (χ1v) is 12.4. The molecule has 0 aliphatic carbocycles. The Morgan fingerprint density at radius 3 is 2.23 bits per heavy atom. The lowest BCUT2D eigenvalue weighted by molar-refractivity contribution is 0.0776. The lowest BCUT2D eigenvalue weighted by Crippen LogP contribution is -2.43. The van der Waals surface area contributed by atoms with Gasteiger partial charge in [0.2, 0.25) is 0 Å². The SMILES string of the molecule is CC(C)(C)c1cc(NC(=O)Nc2ccc(Cl)cc2)c(C(=O)N2CCS(=O)(=O)CC2)s1. The minimum atomic E-state index is -3.10. The van der Waals surface area contributed by atoms with Gasteiger partial charge in [0.1, 0.15) is 4.88 Å². The van der Waals surface area contributed by atoms with E-state index in [2.05, 4.69) is 10.6 Å². The normalized spacial score (nSPS) is 16.2. The molecule has 7 nitrogen and oxygen atoms in total. The minimum Gasteiger partial charge on any atom is -0.336 e. The Balaban J connectivity index is 1.82. The van der Waals surface area contributed by atoms with Gasteiger partial charge < -0.3 is 15.5 Å². The molecule has 3 rings (SSSR count). The molecule has 1 aromatic heterocycles. The molecule has 0 unspecified atom stereocenters. The number of hydrogen-bond donors (Lipinski definition) is 2. The molecule has 1 aliphatic rings. The number of benzene rings is 1. The number of rotatable bonds is 3. The van der Waals surface area contributed by atoms with E-state index in [0.717, 1.165) is 4.88 Å². The van der Waals surface area contributed by atoms with Crippen molar-refractivity contribution in [1.29, 1.82) is 0 Å². The number of carbonyl (C=O) groups excluding carboxylic acids is 2. The Hall–Kier alpha value is -2.10. The molecule has 1 fully saturated rings. The van der Waals surface area contributed by atoms with Gasteiger partial charge in [-0.2, -0.15) is 0 Å². The number of anilines is 2. The van der Waals surface area contributed by atoms with Gasteiger partial charge in [-0.15, -0.1) is 11.3 Å². The third-order valence-electron chi connectivity index (χ3n) is 4.65. The molecule has 10 heteroatoms. The Morgan fingerprint density at radius 1 is 1.07 bits per heavy atom. The Morgan fingerprint density at radius 2 is 1.67 bits per heavy atom. The van der Waals surface area contributed by atoms with E-state index in [0.29, 0.717) is 21.3 Å². The molecule has 162 valence electrons. The standard InChI is InChI=1S/C20H24ClN3O4S2/c1-20(2,3)16-12-15(23-19(26)22-14-6-4-13(21)5-7-14)17(29-16)18(25)24-8-10-30(27,28)11-9-24/h4-7,12H,8-11H2,1-3H3,(H2,22,23,26). The van der Waals surface area contributed by atoms with Crippen molar-refractivity contribution in [2.45, 2.75) is 26.2 Å². The zero-order valence-electron chi connectivity index (χ0n) is 17.0. The highest BCUT2D eigenvalue weighted by atomic mass is 35.5. The van der Waals surface area contributed by atoms with Gasteiger partial charge in [0.15, 0.2) is 9.84 Å². The number of hydrogen-bond acceptors (Lipinski definition) is 5. The van der Waals surface area contributed by atoms with Crippen molar-refractivity contribution >= 4 is 56.1 Å². The summed E-state index contributed by atoms with van der Waals surface area (Å²) in [5.41, 5.74) is 0.768. The minimum absolute atomic E-state index is 0.0456. The van der Waals surface area contributed by atoms with E-state index >= 15 is 0 Å². The van der Waals surface area contributed by atoms with Gasteiger partial charge in [-0.05, 0) is 35.7 Å². The quantitative estimate of drug-likeness (QED) is 0.703. The van der Waals surface area contributed by atoms with Crippen LogP contribution in [0.4, 0.5) is 16.2 Å². The van der Waals surface area contributed by atoms with Crippen LogP contribution in [0.25, 0.3) is 0 Å². The molecule has 0 bridgehead atoms. The first-order valence-electron chi connectivity index (χ1n) is 9.42. The molecule has 1 aromatic carbocycles. The van der Waals surface area contributed by atoms with Crippen molar-refractivity contribution in [3.8, 4) is 0 Å². The first kappa shape index (κ1) is 22.6. The highest BCUT2D eigenvalue weighted by Gasteiger charge is 2.30. The van der Waals surface area contributed by atoms with Crippen molar-refractivity contribution in [2.24, 2.45) is 0 Å². The van der Waals surface area contributed by atoms with E-state index in [1.54, 1.807) is 30.3 Å². The summed E-state index contributed by atoms with van der Waals surface area (Å²) in [6.45, 7) is 6.38. The van der Waals surface area contributed by atoms with E-state index in [-0.39, 0.29) is 35.9 Å². The van der Waals surface area contributed by atoms with E-state index in [4.69, 9.17) is 11.6 Å². The smallest absolute Gasteiger partial charge is 0.323 e. The number of nitrogens with zero attached hydrogens (tertiary/aromatic N) is 1. The topological polar surface area (TPSA) is 95.6 Å². The van der Waals surface area contributed by atoms with Crippen LogP contribution < -0.4 is 10.6 Å². The highest BCUT2D eigenvalue weighted by Crippen LogP contribution is 2.36. The summed E-state index contributed by atoms with van der Waals surface area (Å²) in [5, 5.41) is 6.04. The number of carbonyl (C=O) groups is 2. The molecule has 0 atom stereocenters. The van der Waals surface area contributed by atoms with Gasteiger partial charge in [0.25, 0.3) is 5.91 Å². The number of halogens is 1. The third kappa shape index (κ3) is 5.53. The van der Waals surface area contributed by atoms with E-state index < -0.39 is 15.9 Å². The fraction of sp³-hybridized carbons (Fsp3) is 0.400. The molecule has 2 heterocycles. The van der Waals surface area contributed by atoms with Crippen LogP contribution >= 0.6 is 22.9 Å². The van der Waals surface area contributed by atoms with Crippen molar-refractivity contribution in [3.05, 3.63) is 45.1 Å². The van der Waals surface area contributed by atoms with Gasteiger partial charge >= 0.3 is 6.03 Å². The molecule has 30 heavy (non-hydrogen) atoms. The Kier molecular flexibility index (Phi) is 6.45. The van der Waals surface area contributed by atoms with Gasteiger partial charge in [-0.3, -0.25) is 4.79 Å². The van der Waals surface area contributed by atoms with Gasteiger partial charge in [0.05, 0.1) is 17.2 Å². The maximum absolute atomic E-state index is 13.1. The fourth-order valence-electron chi connectivity index (χ4n) is 2.89. The third-order valence-corrected chi connectivity index (χ3v) is 8.06. The fourth-order valence-corrected chi connectivity index (χ4v) is 5.36. The summed E-state index contributed by atoms with van der Waals surface area (Å²) in [7, 11) is -3.10. The van der Waals surface area contributed by atoms with E-state index in [1.807, 2.05) is 20.8 Å². The van der Waals surface area contributed by atoms with Crippen molar-refractivity contribution in [3.63, 3.8) is 0 Å². The maximum atomic E-state index is 13.1. The number of amides is 3. The zero-order valence-corrected chi connectivity index (χ0v) is 19.4. The molecule has 3 amide bonds. The Bertz CT molecular complexity index is 1040. The molecule has 0 radical (unpaired) electrons. The number of sulfone groups is 1. The average molecular weight is 470 g/mol. The predicted molar refractivity (Wildman–Crippen MR) is 122 cm³/mol. The van der Waals surface area contributed by atoms with Gasteiger partial charge in [0, 0.05) is 28.7 Å². The van der Waals surface area contributed by atoms with Crippen LogP contribution in [0.5, 0.6) is 0 Å². The summed E-state index contributed by atoms with van der Waals surface area (Å²) in [6.07, 6.45) is 0. The first-order chi connectivity index (χ1) is 13.9. The lowest BCUT2D eigenvalue weighted by Gasteiger charge is -2.26. The molecule has 1 aliphatic heterocycles. The lowest BCUT2D eigenvalue weighted by atomic mass is 9.94. The van der Waals surface area contributed by atoms with Crippen LogP contribution in [-0.4, -0.2) is 49.9 Å². The second kappa shape index (κ2) is 8.56. The van der Waals surface area contributed by atoms with Crippen LogP contribution in [0.15, 0.2) is 30.3 Å². The number of thiophene rings is 1. The second-order valence-corrected chi connectivity index (χ2v) is 11.9. The highest BCUT2D eigenvalue weighted by molar-refractivity contribution is 7.91. The van der Waals surface area contributed by atoms with E-state index in [1.165, 1.54) is 16.2 Å². The molecular formula is C20H24ClN3O4S2. The number of nitrogens with one attached hydrogen (secondary N) is 2. The second-order valence-electron chi connectivity index (χ2n) is 8.13. The molecule has 2 N–H and O–H groups in total. The van der Waals surface area contributed by atoms with Crippen molar-refractivity contribution in [1.82, 2.24) is 4.90 Å². The molecule has 0 saturated carbocycles. The molecular weight excluding hydrogens is 446 g/mol. The van der Waals surface area contributed by atoms with Gasteiger partial charge in [-0.1, -0.05) is 32.4 Å². The largest absolute Gasteiger partial charge is 0.336 e.